The van der Waals surface area contributed by atoms with Crippen LogP contribution in [0.2, 0.25) is 0 Å². The van der Waals surface area contributed by atoms with Crippen LogP contribution in [-0.4, -0.2) is 5.91 Å². The Kier molecular flexibility index (Phi) is 4.21. The van der Waals surface area contributed by atoms with E-state index in [0.29, 0.717) is 15.1 Å². The molecular weight excluding hydrogens is 336 g/mol. The van der Waals surface area contributed by atoms with E-state index in [9.17, 15) is 13.6 Å². The van der Waals surface area contributed by atoms with Gasteiger partial charge in [-0.3, -0.25) is 4.79 Å². The third-order valence-corrected chi connectivity index (χ3v) is 3.31. The van der Waals surface area contributed by atoms with E-state index in [-0.39, 0.29) is 5.56 Å². The Hall–Kier alpha value is -1.40. The second kappa shape index (κ2) is 5.71. The minimum atomic E-state index is -0.645. The molecule has 2 aromatic carbocycles. The van der Waals surface area contributed by atoms with Crippen LogP contribution in [0.5, 0.6) is 0 Å². The highest BCUT2D eigenvalue weighted by atomic mass is 79.9. The van der Waals surface area contributed by atoms with E-state index >= 15 is 0 Å². The number of thiol groups is 1. The number of carbonyl (C=O) groups is 1. The standard InChI is InChI=1S/C13H8BrF2NOS/c14-10-5-7(15)1-4-12(10)17-13(18)9-6-8(19)2-3-11(9)16/h1-6,19H,(H,17,18). The molecule has 0 bridgehead atoms. The molecule has 0 aromatic heterocycles. The first kappa shape index (κ1) is 14.0. The van der Waals surface area contributed by atoms with Crippen LogP contribution in [-0.2, 0) is 0 Å². The third kappa shape index (κ3) is 3.33. The number of benzene rings is 2. The van der Waals surface area contributed by atoms with Crippen LogP contribution in [0.15, 0.2) is 45.8 Å². The van der Waals surface area contributed by atoms with Gasteiger partial charge >= 0.3 is 0 Å². The quantitative estimate of drug-likeness (QED) is 0.783. The molecule has 1 amide bonds. The van der Waals surface area contributed by atoms with Gasteiger partial charge in [-0.15, -0.1) is 12.6 Å². The number of rotatable bonds is 2. The van der Waals surface area contributed by atoms with Gasteiger partial charge in [-0.25, -0.2) is 8.78 Å². The minimum Gasteiger partial charge on any atom is -0.321 e. The molecule has 0 fully saturated rings. The second-order valence-corrected chi connectivity index (χ2v) is 5.11. The normalized spacial score (nSPS) is 10.3. The van der Waals surface area contributed by atoms with E-state index < -0.39 is 17.5 Å². The van der Waals surface area contributed by atoms with Crippen molar-refractivity contribution in [3.05, 3.63) is 58.1 Å². The molecule has 2 rings (SSSR count). The average molecular weight is 344 g/mol. The van der Waals surface area contributed by atoms with E-state index in [0.717, 1.165) is 6.07 Å². The summed E-state index contributed by atoms with van der Waals surface area (Å²) in [5, 5.41) is 2.50. The van der Waals surface area contributed by atoms with Crippen LogP contribution >= 0.6 is 28.6 Å². The van der Waals surface area contributed by atoms with Crippen molar-refractivity contribution in [3.63, 3.8) is 0 Å². The number of hydrogen-bond donors (Lipinski definition) is 2. The monoisotopic (exact) mass is 343 g/mol. The highest BCUT2D eigenvalue weighted by molar-refractivity contribution is 9.10. The Morgan fingerprint density at radius 2 is 1.89 bits per heavy atom. The van der Waals surface area contributed by atoms with Gasteiger partial charge in [0, 0.05) is 9.37 Å². The Morgan fingerprint density at radius 3 is 2.58 bits per heavy atom. The lowest BCUT2D eigenvalue weighted by atomic mass is 10.2. The summed E-state index contributed by atoms with van der Waals surface area (Å²) >= 11 is 7.17. The molecule has 0 heterocycles. The van der Waals surface area contributed by atoms with Crippen molar-refractivity contribution in [1.29, 1.82) is 0 Å². The first-order valence-electron chi connectivity index (χ1n) is 5.22. The Bertz CT molecular complexity index is 649. The average Bonchev–Trinajstić information content (AvgIpc) is 2.35. The van der Waals surface area contributed by atoms with Crippen LogP contribution in [0.25, 0.3) is 0 Å². The lowest BCUT2D eigenvalue weighted by Crippen LogP contribution is -2.14. The zero-order chi connectivity index (χ0) is 14.0. The predicted molar refractivity (Wildman–Crippen MR) is 75.7 cm³/mol. The molecule has 0 aliphatic carbocycles. The smallest absolute Gasteiger partial charge is 0.258 e. The fourth-order valence-electron chi connectivity index (χ4n) is 1.47. The van der Waals surface area contributed by atoms with E-state index in [1.807, 2.05) is 0 Å². The number of carbonyl (C=O) groups excluding carboxylic acids is 1. The van der Waals surface area contributed by atoms with Crippen molar-refractivity contribution >= 4 is 40.2 Å². The molecule has 0 radical (unpaired) electrons. The molecule has 19 heavy (non-hydrogen) atoms. The summed E-state index contributed by atoms with van der Waals surface area (Å²) < 4.78 is 26.8. The van der Waals surface area contributed by atoms with Crippen LogP contribution in [0.4, 0.5) is 14.5 Å². The maximum atomic E-state index is 13.5. The first-order chi connectivity index (χ1) is 8.97. The van der Waals surface area contributed by atoms with Gasteiger partial charge in [0.05, 0.1) is 11.3 Å². The molecule has 0 saturated carbocycles. The van der Waals surface area contributed by atoms with Crippen LogP contribution in [0.3, 0.4) is 0 Å². The Balaban J connectivity index is 2.28. The molecule has 0 unspecified atom stereocenters. The lowest BCUT2D eigenvalue weighted by molar-refractivity contribution is 0.102. The maximum absolute atomic E-state index is 13.5. The topological polar surface area (TPSA) is 29.1 Å². The fourth-order valence-corrected chi connectivity index (χ4v) is 2.12. The molecule has 0 atom stereocenters. The molecule has 0 aliphatic heterocycles. The van der Waals surface area contributed by atoms with Gasteiger partial charge in [0.15, 0.2) is 0 Å². The fraction of sp³-hybridized carbons (Fsp3) is 0. The largest absolute Gasteiger partial charge is 0.321 e. The first-order valence-corrected chi connectivity index (χ1v) is 6.46. The van der Waals surface area contributed by atoms with Crippen molar-refractivity contribution in [2.24, 2.45) is 0 Å². The van der Waals surface area contributed by atoms with Crippen molar-refractivity contribution in [2.75, 3.05) is 5.32 Å². The van der Waals surface area contributed by atoms with Crippen molar-refractivity contribution in [1.82, 2.24) is 0 Å². The summed E-state index contributed by atoms with van der Waals surface area (Å²) in [6.45, 7) is 0. The number of hydrogen-bond acceptors (Lipinski definition) is 2. The molecular formula is C13H8BrF2NOS. The highest BCUT2D eigenvalue weighted by Gasteiger charge is 2.13. The summed E-state index contributed by atoms with van der Waals surface area (Å²) in [5.74, 6) is -1.71. The second-order valence-electron chi connectivity index (χ2n) is 3.74. The molecule has 2 nitrogen and oxygen atoms in total. The maximum Gasteiger partial charge on any atom is 0.258 e. The number of amides is 1. The van der Waals surface area contributed by atoms with Gasteiger partial charge < -0.3 is 5.32 Å². The van der Waals surface area contributed by atoms with Crippen molar-refractivity contribution in [3.8, 4) is 0 Å². The Morgan fingerprint density at radius 1 is 1.16 bits per heavy atom. The zero-order valence-corrected chi connectivity index (χ0v) is 11.9. The number of nitrogens with one attached hydrogen (secondary N) is 1. The zero-order valence-electron chi connectivity index (χ0n) is 9.45. The molecule has 0 saturated heterocycles. The van der Waals surface area contributed by atoms with E-state index in [2.05, 4.69) is 33.9 Å². The summed E-state index contributed by atoms with van der Waals surface area (Å²) in [6.07, 6.45) is 0. The van der Waals surface area contributed by atoms with Gasteiger partial charge in [-0.1, -0.05) is 0 Å². The molecule has 2 aromatic rings. The molecule has 0 aliphatic rings. The van der Waals surface area contributed by atoms with Crippen LogP contribution in [0, 0.1) is 11.6 Å². The van der Waals surface area contributed by atoms with E-state index in [4.69, 9.17) is 0 Å². The van der Waals surface area contributed by atoms with Crippen molar-refractivity contribution in [2.45, 2.75) is 4.90 Å². The highest BCUT2D eigenvalue weighted by Crippen LogP contribution is 2.24. The molecule has 1 N–H and O–H groups in total. The van der Waals surface area contributed by atoms with Crippen molar-refractivity contribution < 1.29 is 13.6 Å². The summed E-state index contributed by atoms with van der Waals surface area (Å²) in [6, 6.07) is 7.73. The van der Waals surface area contributed by atoms with Gasteiger partial charge in [-0.2, -0.15) is 0 Å². The SMILES string of the molecule is O=C(Nc1ccc(F)cc1Br)c1cc(S)ccc1F. The third-order valence-electron chi connectivity index (χ3n) is 2.37. The molecule has 0 spiro atoms. The van der Waals surface area contributed by atoms with E-state index in [1.165, 1.54) is 30.3 Å². The number of halogens is 3. The predicted octanol–water partition coefficient (Wildman–Crippen LogP) is 4.27. The molecule has 98 valence electrons. The lowest BCUT2D eigenvalue weighted by Gasteiger charge is -2.08. The molecule has 6 heteroatoms. The van der Waals surface area contributed by atoms with Gasteiger partial charge in [0.25, 0.3) is 5.91 Å². The minimum absolute atomic E-state index is 0.122. The number of anilines is 1. The van der Waals surface area contributed by atoms with Gasteiger partial charge in [0.1, 0.15) is 11.6 Å². The van der Waals surface area contributed by atoms with Gasteiger partial charge in [-0.05, 0) is 52.3 Å². The Labute approximate surface area is 122 Å². The van der Waals surface area contributed by atoms with Crippen LogP contribution in [0.1, 0.15) is 10.4 Å². The summed E-state index contributed by atoms with van der Waals surface area (Å²) in [5.41, 5.74) is 0.235. The summed E-state index contributed by atoms with van der Waals surface area (Å²) in [4.78, 5) is 12.4. The van der Waals surface area contributed by atoms with E-state index in [1.54, 1.807) is 0 Å². The summed E-state index contributed by atoms with van der Waals surface area (Å²) in [7, 11) is 0. The van der Waals surface area contributed by atoms with Gasteiger partial charge in [0.2, 0.25) is 0 Å². The van der Waals surface area contributed by atoms with Crippen LogP contribution < -0.4 is 5.32 Å².